The number of thiazole rings is 1. The van der Waals surface area contributed by atoms with Crippen molar-refractivity contribution in [3.8, 4) is 11.1 Å². The lowest BCUT2D eigenvalue weighted by molar-refractivity contribution is 0.393. The van der Waals surface area contributed by atoms with Crippen molar-refractivity contribution in [2.45, 2.75) is 13.8 Å². The minimum absolute atomic E-state index is 0.492. The van der Waals surface area contributed by atoms with Gasteiger partial charge in [0.2, 0.25) is 5.13 Å². The van der Waals surface area contributed by atoms with Crippen LogP contribution >= 0.6 is 11.3 Å². The topological polar surface area (TPSA) is 89.3 Å². The number of hydrogen-bond donors (Lipinski definition) is 2. The lowest BCUT2D eigenvalue weighted by Crippen LogP contribution is -1.91. The van der Waals surface area contributed by atoms with Gasteiger partial charge in [-0.3, -0.25) is 5.43 Å². The van der Waals surface area contributed by atoms with Gasteiger partial charge in [-0.25, -0.2) is 4.98 Å². The molecule has 3 rings (SSSR count). The van der Waals surface area contributed by atoms with E-state index < -0.39 is 0 Å². The van der Waals surface area contributed by atoms with Crippen molar-refractivity contribution in [1.82, 2.24) is 10.1 Å². The van der Waals surface area contributed by atoms with E-state index in [0.29, 0.717) is 10.9 Å². The first-order chi connectivity index (χ1) is 10.6. The van der Waals surface area contributed by atoms with Crippen LogP contribution in [0.15, 0.2) is 39.3 Å². The highest BCUT2D eigenvalue weighted by molar-refractivity contribution is 7.14. The molecule has 2 aromatic heterocycles. The van der Waals surface area contributed by atoms with Crippen LogP contribution in [0.2, 0.25) is 0 Å². The van der Waals surface area contributed by atoms with E-state index in [1.807, 2.05) is 38.1 Å². The summed E-state index contributed by atoms with van der Waals surface area (Å²) in [6.07, 6.45) is 1.73. The Balaban J connectivity index is 1.72. The van der Waals surface area contributed by atoms with E-state index in [0.717, 1.165) is 28.1 Å². The number of nitrogens with one attached hydrogen (secondary N) is 1. The molecule has 0 fully saturated rings. The lowest BCUT2D eigenvalue weighted by Gasteiger charge is -2.01. The summed E-state index contributed by atoms with van der Waals surface area (Å²) < 4.78 is 5.19. The number of aryl methyl sites for hydroxylation is 2. The number of hydrogen-bond acceptors (Lipinski definition) is 7. The normalized spacial score (nSPS) is 11.2. The molecule has 7 heteroatoms. The van der Waals surface area contributed by atoms with Crippen molar-refractivity contribution < 1.29 is 4.52 Å². The summed E-state index contributed by atoms with van der Waals surface area (Å²) in [5, 5.41) is 10.5. The van der Waals surface area contributed by atoms with Gasteiger partial charge in [-0.2, -0.15) is 5.10 Å². The largest absolute Gasteiger partial charge is 0.383 e. The number of anilines is 2. The average molecular weight is 313 g/mol. The van der Waals surface area contributed by atoms with Gasteiger partial charge >= 0.3 is 0 Å². The number of nitrogens with two attached hydrogens (primary N) is 1. The second-order valence-electron chi connectivity index (χ2n) is 4.77. The van der Waals surface area contributed by atoms with Crippen LogP contribution in [0.25, 0.3) is 11.1 Å². The third-order valence-electron chi connectivity index (χ3n) is 3.13. The van der Waals surface area contributed by atoms with Crippen LogP contribution in [-0.2, 0) is 0 Å². The van der Waals surface area contributed by atoms with Gasteiger partial charge in [0.05, 0.1) is 11.9 Å². The molecular weight excluding hydrogens is 298 g/mol. The molecule has 2 heterocycles. The molecule has 0 aliphatic rings. The quantitative estimate of drug-likeness (QED) is 0.569. The summed E-state index contributed by atoms with van der Waals surface area (Å²) in [5.74, 6) is 1.31. The monoisotopic (exact) mass is 313 g/mol. The van der Waals surface area contributed by atoms with Crippen LogP contribution in [0.5, 0.6) is 0 Å². The molecule has 0 amide bonds. The SMILES string of the molecule is Cc1noc(C)c1-c1ccc(C=NNc2nc(N)cs2)cc1. The summed E-state index contributed by atoms with van der Waals surface area (Å²) in [4.78, 5) is 4.06. The van der Waals surface area contributed by atoms with E-state index in [4.69, 9.17) is 10.3 Å². The number of aromatic nitrogens is 2. The van der Waals surface area contributed by atoms with E-state index in [1.165, 1.54) is 11.3 Å². The number of nitrogens with zero attached hydrogens (tertiary/aromatic N) is 3. The van der Waals surface area contributed by atoms with Crippen LogP contribution < -0.4 is 11.2 Å². The van der Waals surface area contributed by atoms with E-state index in [2.05, 4.69) is 20.7 Å². The fraction of sp³-hybridized carbons (Fsp3) is 0.133. The molecule has 0 saturated heterocycles. The second kappa shape index (κ2) is 5.98. The Labute approximate surface area is 131 Å². The van der Waals surface area contributed by atoms with Crippen LogP contribution in [0.4, 0.5) is 10.9 Å². The molecule has 0 radical (unpaired) electrons. The van der Waals surface area contributed by atoms with Crippen molar-refractivity contribution in [3.63, 3.8) is 0 Å². The smallest absolute Gasteiger partial charge is 0.205 e. The van der Waals surface area contributed by atoms with Crippen LogP contribution in [0.3, 0.4) is 0 Å². The molecule has 1 aromatic carbocycles. The highest BCUT2D eigenvalue weighted by Gasteiger charge is 2.10. The Kier molecular flexibility index (Phi) is 3.88. The Morgan fingerprint density at radius 3 is 2.64 bits per heavy atom. The molecule has 0 spiro atoms. The Morgan fingerprint density at radius 2 is 2.05 bits per heavy atom. The molecular formula is C15H15N5OS. The van der Waals surface area contributed by atoms with Gasteiger partial charge in [-0.05, 0) is 25.0 Å². The van der Waals surface area contributed by atoms with Gasteiger partial charge < -0.3 is 10.3 Å². The molecule has 0 bridgehead atoms. The van der Waals surface area contributed by atoms with Crippen molar-refractivity contribution >= 4 is 28.5 Å². The van der Waals surface area contributed by atoms with Crippen molar-refractivity contribution in [1.29, 1.82) is 0 Å². The molecule has 0 aliphatic carbocycles. The number of nitrogen functional groups attached to an aromatic ring is 1. The van der Waals surface area contributed by atoms with Crippen LogP contribution in [0, 0.1) is 13.8 Å². The van der Waals surface area contributed by atoms with E-state index in [9.17, 15) is 0 Å². The molecule has 3 aromatic rings. The third-order valence-corrected chi connectivity index (χ3v) is 3.89. The zero-order valence-corrected chi connectivity index (χ0v) is 13.0. The first-order valence-corrected chi connectivity index (χ1v) is 7.55. The minimum Gasteiger partial charge on any atom is -0.383 e. The van der Waals surface area contributed by atoms with Gasteiger partial charge in [0.1, 0.15) is 11.6 Å². The van der Waals surface area contributed by atoms with Crippen molar-refractivity contribution in [3.05, 3.63) is 46.7 Å². The predicted molar refractivity (Wildman–Crippen MR) is 89.2 cm³/mol. The van der Waals surface area contributed by atoms with Gasteiger partial charge in [-0.15, -0.1) is 11.3 Å². The molecule has 0 aliphatic heterocycles. The van der Waals surface area contributed by atoms with Gasteiger partial charge in [0.15, 0.2) is 0 Å². The zero-order chi connectivity index (χ0) is 15.5. The van der Waals surface area contributed by atoms with Gasteiger partial charge in [0, 0.05) is 10.9 Å². The molecule has 0 unspecified atom stereocenters. The molecule has 3 N–H and O–H groups in total. The van der Waals surface area contributed by atoms with Crippen molar-refractivity contribution in [2.75, 3.05) is 11.2 Å². The van der Waals surface area contributed by atoms with E-state index in [-0.39, 0.29) is 0 Å². The number of benzene rings is 1. The molecule has 22 heavy (non-hydrogen) atoms. The fourth-order valence-corrected chi connectivity index (χ4v) is 2.68. The summed E-state index contributed by atoms with van der Waals surface area (Å²) in [5.41, 5.74) is 12.4. The first kappa shape index (κ1) is 14.3. The summed E-state index contributed by atoms with van der Waals surface area (Å²) >= 11 is 1.41. The fourth-order valence-electron chi connectivity index (χ4n) is 2.13. The van der Waals surface area contributed by atoms with Gasteiger partial charge in [-0.1, -0.05) is 29.4 Å². The maximum absolute atomic E-state index is 5.54. The molecule has 0 saturated carbocycles. The summed E-state index contributed by atoms with van der Waals surface area (Å²) in [7, 11) is 0. The Bertz CT molecular complexity index is 784. The van der Waals surface area contributed by atoms with E-state index in [1.54, 1.807) is 11.6 Å². The zero-order valence-electron chi connectivity index (χ0n) is 12.2. The molecule has 6 nitrogen and oxygen atoms in total. The maximum atomic E-state index is 5.54. The lowest BCUT2D eigenvalue weighted by atomic mass is 10.0. The van der Waals surface area contributed by atoms with Crippen LogP contribution in [0.1, 0.15) is 17.0 Å². The Morgan fingerprint density at radius 1 is 1.27 bits per heavy atom. The highest BCUT2D eigenvalue weighted by Crippen LogP contribution is 2.26. The second-order valence-corrected chi connectivity index (χ2v) is 5.63. The standard InChI is InChI=1S/C15H15N5OS/c1-9-14(10(2)21-20-9)12-5-3-11(4-6-12)7-17-19-15-18-13(16)8-22-15/h3-8H,16H2,1-2H3,(H,18,19). The molecule has 112 valence electrons. The maximum Gasteiger partial charge on any atom is 0.205 e. The summed E-state index contributed by atoms with van der Waals surface area (Å²) in [6.45, 7) is 3.85. The molecule has 0 atom stereocenters. The third kappa shape index (κ3) is 2.99. The average Bonchev–Trinajstić information content (AvgIpc) is 3.06. The van der Waals surface area contributed by atoms with Crippen molar-refractivity contribution in [2.24, 2.45) is 5.10 Å². The van der Waals surface area contributed by atoms with E-state index >= 15 is 0 Å². The predicted octanol–water partition coefficient (Wildman–Crippen LogP) is 3.44. The Hall–Kier alpha value is -2.67. The number of hydrazone groups is 1. The highest BCUT2D eigenvalue weighted by atomic mass is 32.1. The first-order valence-electron chi connectivity index (χ1n) is 6.67. The number of rotatable bonds is 4. The van der Waals surface area contributed by atoms with Gasteiger partial charge in [0.25, 0.3) is 0 Å². The minimum atomic E-state index is 0.492. The van der Waals surface area contributed by atoms with Crippen LogP contribution in [-0.4, -0.2) is 16.4 Å². The summed E-state index contributed by atoms with van der Waals surface area (Å²) in [6, 6.07) is 8.02.